The van der Waals surface area contributed by atoms with Crippen molar-refractivity contribution in [3.63, 3.8) is 0 Å². The average Bonchev–Trinajstić information content (AvgIpc) is 2.45. The van der Waals surface area contributed by atoms with Gasteiger partial charge in [0.05, 0.1) is 6.10 Å². The van der Waals surface area contributed by atoms with Crippen molar-refractivity contribution in [2.75, 3.05) is 45.9 Å². The van der Waals surface area contributed by atoms with Gasteiger partial charge in [0.25, 0.3) is 0 Å². The van der Waals surface area contributed by atoms with Crippen molar-refractivity contribution < 1.29 is 9.53 Å². The quantitative estimate of drug-likeness (QED) is 0.815. The summed E-state index contributed by atoms with van der Waals surface area (Å²) in [5, 5.41) is 3.27. The monoisotopic (exact) mass is 255 g/mol. The third-order valence-electron chi connectivity index (χ3n) is 3.59. The molecule has 0 saturated carbocycles. The molecule has 2 aliphatic heterocycles. The van der Waals surface area contributed by atoms with Crippen molar-refractivity contribution in [2.24, 2.45) is 0 Å². The molecule has 2 saturated heterocycles. The predicted octanol–water partition coefficient (Wildman–Crippen LogP) is 0.903. The minimum absolute atomic E-state index is 0.196. The van der Waals surface area contributed by atoms with Crippen molar-refractivity contribution >= 4 is 6.03 Å². The second-order valence-electron chi connectivity index (χ2n) is 5.10. The maximum Gasteiger partial charge on any atom is 0.320 e. The van der Waals surface area contributed by atoms with Gasteiger partial charge in [0.15, 0.2) is 0 Å². The maximum atomic E-state index is 12.3. The highest BCUT2D eigenvalue weighted by molar-refractivity contribution is 5.74. The van der Waals surface area contributed by atoms with E-state index < -0.39 is 0 Å². The molecule has 2 fully saturated rings. The summed E-state index contributed by atoms with van der Waals surface area (Å²) in [4.78, 5) is 16.3. The van der Waals surface area contributed by atoms with Gasteiger partial charge < -0.3 is 19.9 Å². The zero-order valence-corrected chi connectivity index (χ0v) is 11.4. The number of carbonyl (C=O) groups excluding carboxylic acids is 1. The zero-order chi connectivity index (χ0) is 12.8. The molecular weight excluding hydrogens is 230 g/mol. The third-order valence-corrected chi connectivity index (χ3v) is 3.59. The molecule has 2 rings (SSSR count). The van der Waals surface area contributed by atoms with E-state index in [9.17, 15) is 4.79 Å². The summed E-state index contributed by atoms with van der Waals surface area (Å²) in [6, 6.07) is 0.196. The molecule has 5 nitrogen and oxygen atoms in total. The fourth-order valence-corrected chi connectivity index (χ4v) is 2.59. The van der Waals surface area contributed by atoms with Crippen molar-refractivity contribution in [3.8, 4) is 0 Å². The van der Waals surface area contributed by atoms with Gasteiger partial charge in [0, 0.05) is 45.9 Å². The molecule has 18 heavy (non-hydrogen) atoms. The lowest BCUT2D eigenvalue weighted by atomic mass is 10.1. The van der Waals surface area contributed by atoms with Gasteiger partial charge in [-0.3, -0.25) is 0 Å². The van der Waals surface area contributed by atoms with E-state index in [1.807, 2.05) is 9.80 Å². The van der Waals surface area contributed by atoms with E-state index in [2.05, 4.69) is 12.2 Å². The number of urea groups is 1. The minimum Gasteiger partial charge on any atom is -0.376 e. The number of piperazine rings is 1. The lowest BCUT2D eigenvalue weighted by molar-refractivity contribution is 0.00531. The van der Waals surface area contributed by atoms with Gasteiger partial charge in [-0.1, -0.05) is 6.92 Å². The number of carbonyl (C=O) groups is 1. The Morgan fingerprint density at radius 1 is 1.28 bits per heavy atom. The van der Waals surface area contributed by atoms with E-state index in [-0.39, 0.29) is 12.1 Å². The Bertz CT molecular complexity index is 267. The van der Waals surface area contributed by atoms with Crippen molar-refractivity contribution in [1.82, 2.24) is 15.1 Å². The van der Waals surface area contributed by atoms with Crippen molar-refractivity contribution in [3.05, 3.63) is 0 Å². The van der Waals surface area contributed by atoms with E-state index in [0.29, 0.717) is 0 Å². The largest absolute Gasteiger partial charge is 0.376 e. The Balaban J connectivity index is 1.81. The summed E-state index contributed by atoms with van der Waals surface area (Å²) in [6.45, 7) is 8.06. The van der Waals surface area contributed by atoms with Crippen LogP contribution in [0.3, 0.4) is 0 Å². The lowest BCUT2D eigenvalue weighted by Crippen LogP contribution is -2.54. The Morgan fingerprint density at radius 2 is 2.06 bits per heavy atom. The van der Waals surface area contributed by atoms with Gasteiger partial charge in [-0.15, -0.1) is 0 Å². The first-order valence-electron chi connectivity index (χ1n) is 7.17. The summed E-state index contributed by atoms with van der Waals surface area (Å²) in [6.07, 6.45) is 3.44. The Morgan fingerprint density at radius 3 is 2.78 bits per heavy atom. The zero-order valence-electron chi connectivity index (χ0n) is 11.4. The molecule has 104 valence electrons. The predicted molar refractivity (Wildman–Crippen MR) is 70.7 cm³/mol. The Kier molecular flexibility index (Phi) is 5.26. The first-order chi connectivity index (χ1) is 8.81. The van der Waals surface area contributed by atoms with Crippen LogP contribution in [0.1, 0.15) is 26.2 Å². The summed E-state index contributed by atoms with van der Waals surface area (Å²) >= 11 is 0. The number of amides is 2. The Hall–Kier alpha value is -0.810. The van der Waals surface area contributed by atoms with E-state index in [4.69, 9.17) is 4.74 Å². The van der Waals surface area contributed by atoms with Crippen LogP contribution in [0, 0.1) is 0 Å². The summed E-state index contributed by atoms with van der Waals surface area (Å²) in [5.74, 6) is 0. The number of nitrogens with zero attached hydrogens (tertiary/aromatic N) is 2. The van der Waals surface area contributed by atoms with Crippen LogP contribution in [-0.2, 0) is 4.74 Å². The van der Waals surface area contributed by atoms with E-state index in [0.717, 1.165) is 65.1 Å². The van der Waals surface area contributed by atoms with Crippen LogP contribution in [0.2, 0.25) is 0 Å². The summed E-state index contributed by atoms with van der Waals surface area (Å²) in [5.41, 5.74) is 0. The molecule has 1 unspecified atom stereocenters. The molecule has 0 spiro atoms. The molecular formula is C13H25N3O2. The van der Waals surface area contributed by atoms with Crippen LogP contribution in [-0.4, -0.2) is 67.8 Å². The number of ether oxygens (including phenoxy) is 1. The molecule has 2 heterocycles. The van der Waals surface area contributed by atoms with Gasteiger partial charge in [0.1, 0.15) is 0 Å². The topological polar surface area (TPSA) is 44.8 Å². The number of hydrogen-bond donors (Lipinski definition) is 1. The molecule has 0 aromatic heterocycles. The van der Waals surface area contributed by atoms with Crippen LogP contribution in [0.15, 0.2) is 0 Å². The number of hydrogen-bond acceptors (Lipinski definition) is 3. The first kappa shape index (κ1) is 13.6. The van der Waals surface area contributed by atoms with E-state index >= 15 is 0 Å². The normalized spacial score (nSPS) is 25.3. The molecule has 0 aromatic rings. The smallest absolute Gasteiger partial charge is 0.320 e. The number of rotatable bonds is 3. The molecule has 0 bridgehead atoms. The van der Waals surface area contributed by atoms with Gasteiger partial charge in [0.2, 0.25) is 0 Å². The van der Waals surface area contributed by atoms with Crippen LogP contribution in [0.5, 0.6) is 0 Å². The fraction of sp³-hybridized carbons (Fsp3) is 0.923. The third kappa shape index (κ3) is 3.59. The fourth-order valence-electron chi connectivity index (χ4n) is 2.59. The number of piperidine rings is 1. The van der Waals surface area contributed by atoms with E-state index in [1.54, 1.807) is 0 Å². The van der Waals surface area contributed by atoms with Gasteiger partial charge in [-0.25, -0.2) is 4.79 Å². The lowest BCUT2D eigenvalue weighted by Gasteiger charge is -2.37. The maximum absolute atomic E-state index is 12.3. The van der Waals surface area contributed by atoms with Gasteiger partial charge in [-0.05, 0) is 19.3 Å². The summed E-state index contributed by atoms with van der Waals surface area (Å²) < 4.78 is 5.78. The van der Waals surface area contributed by atoms with Crippen molar-refractivity contribution in [1.29, 1.82) is 0 Å². The molecule has 2 aliphatic rings. The molecule has 0 radical (unpaired) electrons. The molecule has 5 heteroatoms. The summed E-state index contributed by atoms with van der Waals surface area (Å²) in [7, 11) is 0. The Labute approximate surface area is 109 Å². The highest BCUT2D eigenvalue weighted by atomic mass is 16.5. The molecule has 1 atom stereocenters. The highest BCUT2D eigenvalue weighted by Gasteiger charge is 2.27. The van der Waals surface area contributed by atoms with Gasteiger partial charge >= 0.3 is 6.03 Å². The van der Waals surface area contributed by atoms with Gasteiger partial charge in [-0.2, -0.15) is 0 Å². The second kappa shape index (κ2) is 6.95. The van der Waals surface area contributed by atoms with Crippen LogP contribution in [0.4, 0.5) is 4.79 Å². The van der Waals surface area contributed by atoms with Crippen LogP contribution >= 0.6 is 0 Å². The number of nitrogens with one attached hydrogen (secondary N) is 1. The molecule has 0 aromatic carbocycles. The number of likely N-dealkylation sites (tertiary alicyclic amines) is 1. The molecule has 0 aliphatic carbocycles. The van der Waals surface area contributed by atoms with Crippen molar-refractivity contribution in [2.45, 2.75) is 32.3 Å². The standard InChI is InChI=1S/C13H25N3O2/c1-2-10-18-12-4-3-7-16(11-12)13(17)15-8-5-14-6-9-15/h12,14H,2-11H2,1H3. The average molecular weight is 255 g/mol. The van der Waals surface area contributed by atoms with Crippen LogP contribution in [0.25, 0.3) is 0 Å². The van der Waals surface area contributed by atoms with Crippen LogP contribution < -0.4 is 5.32 Å². The second-order valence-corrected chi connectivity index (χ2v) is 5.10. The minimum atomic E-state index is 0.196. The molecule has 2 amide bonds. The molecule has 1 N–H and O–H groups in total. The highest BCUT2D eigenvalue weighted by Crippen LogP contribution is 2.15. The first-order valence-corrected chi connectivity index (χ1v) is 7.17. The SMILES string of the molecule is CCCOC1CCCN(C(=O)N2CCNCC2)C1. The van der Waals surface area contributed by atoms with E-state index in [1.165, 1.54) is 0 Å².